The fraction of sp³-hybridized carbons (Fsp3) is 0.417. The Labute approximate surface area is 90.7 Å². The molecule has 0 radical (unpaired) electrons. The zero-order chi connectivity index (χ0) is 11.3. The maximum Gasteiger partial charge on any atom is 0.231 e. The van der Waals surface area contributed by atoms with Crippen molar-refractivity contribution in [2.45, 2.75) is 6.92 Å². The van der Waals surface area contributed by atoms with E-state index in [1.807, 2.05) is 37.3 Å². The van der Waals surface area contributed by atoms with Gasteiger partial charge in [-0.15, -0.1) is 0 Å². The average Bonchev–Trinajstić information content (AvgIpc) is 2.28. The Balaban J connectivity index is 2.69. The summed E-state index contributed by atoms with van der Waals surface area (Å²) in [7, 11) is 3.39. The van der Waals surface area contributed by atoms with Crippen LogP contribution < -0.4 is 4.90 Å². The Hall–Kier alpha value is -1.35. The number of amides is 1. The van der Waals surface area contributed by atoms with Gasteiger partial charge in [0.05, 0.1) is 12.5 Å². The molecule has 1 atom stereocenters. The van der Waals surface area contributed by atoms with Gasteiger partial charge in [-0.25, -0.2) is 0 Å². The van der Waals surface area contributed by atoms with E-state index in [1.165, 1.54) is 0 Å². The first kappa shape index (κ1) is 11.7. The lowest BCUT2D eigenvalue weighted by atomic mass is 10.1. The Morgan fingerprint density at radius 1 is 1.40 bits per heavy atom. The maximum absolute atomic E-state index is 11.9. The number of carbonyl (C=O) groups is 1. The molecule has 0 aliphatic rings. The van der Waals surface area contributed by atoms with Gasteiger partial charge in [-0.1, -0.05) is 25.1 Å². The second-order valence-electron chi connectivity index (χ2n) is 3.59. The summed E-state index contributed by atoms with van der Waals surface area (Å²) in [5.74, 6) is -0.0387. The molecule has 0 N–H and O–H groups in total. The second-order valence-corrected chi connectivity index (χ2v) is 3.59. The van der Waals surface area contributed by atoms with Gasteiger partial charge in [0.2, 0.25) is 5.91 Å². The first-order chi connectivity index (χ1) is 7.16. The van der Waals surface area contributed by atoms with Gasteiger partial charge < -0.3 is 9.64 Å². The molecule has 3 heteroatoms. The van der Waals surface area contributed by atoms with Gasteiger partial charge in [0.15, 0.2) is 0 Å². The molecule has 0 aromatic heterocycles. The number of ether oxygens (including phenoxy) is 1. The fourth-order valence-corrected chi connectivity index (χ4v) is 1.43. The molecule has 0 aliphatic carbocycles. The monoisotopic (exact) mass is 207 g/mol. The summed E-state index contributed by atoms with van der Waals surface area (Å²) >= 11 is 0. The number of para-hydroxylation sites is 1. The van der Waals surface area contributed by atoms with Crippen molar-refractivity contribution in [2.75, 3.05) is 25.7 Å². The van der Waals surface area contributed by atoms with Crippen molar-refractivity contribution in [3.8, 4) is 0 Å². The average molecular weight is 207 g/mol. The molecule has 0 bridgehead atoms. The zero-order valence-corrected chi connectivity index (χ0v) is 9.43. The molecule has 0 saturated heterocycles. The summed E-state index contributed by atoms with van der Waals surface area (Å²) in [6.45, 7) is 2.32. The van der Waals surface area contributed by atoms with E-state index in [-0.39, 0.29) is 11.8 Å². The first-order valence-electron chi connectivity index (χ1n) is 4.98. The molecule has 82 valence electrons. The van der Waals surface area contributed by atoms with E-state index in [0.717, 1.165) is 5.69 Å². The Bertz CT molecular complexity index is 311. The predicted octanol–water partition coefficient (Wildman–Crippen LogP) is 1.93. The molecule has 0 saturated carbocycles. The van der Waals surface area contributed by atoms with Crippen LogP contribution in [0.5, 0.6) is 0 Å². The second kappa shape index (κ2) is 5.51. The van der Waals surface area contributed by atoms with Crippen LogP contribution in [0.25, 0.3) is 0 Å². The van der Waals surface area contributed by atoms with Crippen molar-refractivity contribution in [2.24, 2.45) is 5.92 Å². The van der Waals surface area contributed by atoms with Crippen LogP contribution in [-0.4, -0.2) is 26.7 Å². The van der Waals surface area contributed by atoms with Crippen LogP contribution in [0.1, 0.15) is 6.92 Å². The van der Waals surface area contributed by atoms with E-state index in [1.54, 1.807) is 19.1 Å². The predicted molar refractivity (Wildman–Crippen MR) is 60.9 cm³/mol. The molecule has 15 heavy (non-hydrogen) atoms. The van der Waals surface area contributed by atoms with Gasteiger partial charge in [0.25, 0.3) is 0 Å². The standard InChI is InChI=1S/C12H17NO2/c1-10(9-15-3)12(14)13(2)11-7-5-4-6-8-11/h4-8,10H,9H2,1-3H3. The quantitative estimate of drug-likeness (QED) is 0.755. The molecule has 1 aromatic carbocycles. The molecule has 1 amide bonds. The van der Waals surface area contributed by atoms with Crippen molar-refractivity contribution in [3.63, 3.8) is 0 Å². The number of rotatable bonds is 4. The van der Waals surface area contributed by atoms with Gasteiger partial charge in [-0.05, 0) is 12.1 Å². The van der Waals surface area contributed by atoms with E-state index in [4.69, 9.17) is 4.74 Å². The molecule has 1 rings (SSSR count). The minimum Gasteiger partial charge on any atom is -0.384 e. The Kier molecular flexibility index (Phi) is 4.31. The van der Waals surface area contributed by atoms with Crippen molar-refractivity contribution in [1.82, 2.24) is 0 Å². The van der Waals surface area contributed by atoms with Gasteiger partial charge in [-0.3, -0.25) is 4.79 Å². The molecular weight excluding hydrogens is 190 g/mol. The SMILES string of the molecule is COCC(C)C(=O)N(C)c1ccccc1. The molecule has 1 unspecified atom stereocenters. The topological polar surface area (TPSA) is 29.5 Å². The number of hydrogen-bond donors (Lipinski definition) is 0. The van der Waals surface area contributed by atoms with Gasteiger partial charge >= 0.3 is 0 Å². The largest absolute Gasteiger partial charge is 0.384 e. The van der Waals surface area contributed by atoms with Crippen molar-refractivity contribution in [3.05, 3.63) is 30.3 Å². The van der Waals surface area contributed by atoms with Crippen LogP contribution in [0.2, 0.25) is 0 Å². The Morgan fingerprint density at radius 3 is 2.53 bits per heavy atom. The number of anilines is 1. The highest BCUT2D eigenvalue weighted by Crippen LogP contribution is 2.14. The molecule has 0 heterocycles. The van der Waals surface area contributed by atoms with Crippen LogP contribution in [0.3, 0.4) is 0 Å². The van der Waals surface area contributed by atoms with Crippen molar-refractivity contribution in [1.29, 1.82) is 0 Å². The molecule has 1 aromatic rings. The first-order valence-corrected chi connectivity index (χ1v) is 4.98. The number of nitrogens with zero attached hydrogens (tertiary/aromatic N) is 1. The van der Waals surface area contributed by atoms with Gasteiger partial charge in [0.1, 0.15) is 0 Å². The van der Waals surface area contributed by atoms with E-state index >= 15 is 0 Å². The third-order valence-corrected chi connectivity index (χ3v) is 2.31. The third-order valence-electron chi connectivity index (χ3n) is 2.31. The summed E-state index contributed by atoms with van der Waals surface area (Å²) in [5.41, 5.74) is 0.908. The van der Waals surface area contributed by atoms with Crippen molar-refractivity contribution < 1.29 is 9.53 Å². The van der Waals surface area contributed by atoms with E-state index < -0.39 is 0 Å². The fourth-order valence-electron chi connectivity index (χ4n) is 1.43. The maximum atomic E-state index is 11.9. The van der Waals surface area contributed by atoms with Crippen LogP contribution in [0.15, 0.2) is 30.3 Å². The van der Waals surface area contributed by atoms with E-state index in [2.05, 4.69) is 0 Å². The minimum atomic E-state index is -0.111. The summed E-state index contributed by atoms with van der Waals surface area (Å²) in [5, 5.41) is 0. The highest BCUT2D eigenvalue weighted by atomic mass is 16.5. The highest BCUT2D eigenvalue weighted by Gasteiger charge is 2.17. The van der Waals surface area contributed by atoms with E-state index in [0.29, 0.717) is 6.61 Å². The van der Waals surface area contributed by atoms with Gasteiger partial charge in [0, 0.05) is 19.8 Å². The molecule has 0 spiro atoms. The molecular formula is C12H17NO2. The Morgan fingerprint density at radius 2 is 2.00 bits per heavy atom. The summed E-state index contributed by atoms with van der Waals surface area (Å²) in [6, 6.07) is 9.59. The lowest BCUT2D eigenvalue weighted by Gasteiger charge is -2.20. The number of methoxy groups -OCH3 is 1. The van der Waals surface area contributed by atoms with Gasteiger partial charge in [-0.2, -0.15) is 0 Å². The third kappa shape index (κ3) is 3.06. The summed E-state index contributed by atoms with van der Waals surface area (Å²) in [4.78, 5) is 13.5. The smallest absolute Gasteiger partial charge is 0.231 e. The normalized spacial score (nSPS) is 12.2. The van der Waals surface area contributed by atoms with Crippen LogP contribution in [0.4, 0.5) is 5.69 Å². The number of hydrogen-bond acceptors (Lipinski definition) is 2. The lowest BCUT2D eigenvalue weighted by molar-refractivity contribution is -0.123. The molecule has 0 aliphatic heterocycles. The van der Waals surface area contributed by atoms with Crippen LogP contribution >= 0.6 is 0 Å². The highest BCUT2D eigenvalue weighted by molar-refractivity contribution is 5.94. The summed E-state index contributed by atoms with van der Waals surface area (Å²) in [6.07, 6.45) is 0. The molecule has 0 fully saturated rings. The zero-order valence-electron chi connectivity index (χ0n) is 9.43. The van der Waals surface area contributed by atoms with Crippen molar-refractivity contribution >= 4 is 11.6 Å². The number of carbonyl (C=O) groups excluding carboxylic acids is 1. The van der Waals surface area contributed by atoms with Crippen LogP contribution in [0, 0.1) is 5.92 Å². The minimum absolute atomic E-state index is 0.0723. The van der Waals surface area contributed by atoms with E-state index in [9.17, 15) is 4.79 Å². The number of benzene rings is 1. The lowest BCUT2D eigenvalue weighted by Crippen LogP contribution is -2.33. The molecule has 3 nitrogen and oxygen atoms in total. The summed E-state index contributed by atoms with van der Waals surface area (Å²) < 4.78 is 4.96. The van der Waals surface area contributed by atoms with Crippen LogP contribution in [-0.2, 0) is 9.53 Å².